The Bertz CT molecular complexity index is 1990. The summed E-state index contributed by atoms with van der Waals surface area (Å²) in [6.07, 6.45) is 2.93. The van der Waals surface area contributed by atoms with Crippen molar-refractivity contribution >= 4 is 93.9 Å². The third-order valence-corrected chi connectivity index (χ3v) is 11.9. The molecule has 1 fully saturated rings. The fourth-order valence-electron chi connectivity index (χ4n) is 7.25. The van der Waals surface area contributed by atoms with Gasteiger partial charge in [0, 0.05) is 53.8 Å². The molecule has 0 bridgehead atoms. The predicted molar refractivity (Wildman–Crippen MR) is 181 cm³/mol. The van der Waals surface area contributed by atoms with Crippen molar-refractivity contribution in [3.05, 3.63) is 86.3 Å². The van der Waals surface area contributed by atoms with Crippen LogP contribution in [0.4, 0.5) is 22.7 Å². The molecule has 2 aromatic carbocycles. The highest BCUT2D eigenvalue weighted by Crippen LogP contribution is 2.58. The number of ketones is 2. The lowest BCUT2D eigenvalue weighted by Gasteiger charge is -2.42. The zero-order valence-corrected chi connectivity index (χ0v) is 29.9. The van der Waals surface area contributed by atoms with Crippen LogP contribution in [0.2, 0.25) is 0 Å². The van der Waals surface area contributed by atoms with E-state index in [9.17, 15) is 44.5 Å². The Labute approximate surface area is 296 Å². The van der Waals surface area contributed by atoms with Crippen molar-refractivity contribution in [1.29, 1.82) is 0 Å². The van der Waals surface area contributed by atoms with E-state index < -0.39 is 68.3 Å². The maximum Gasteiger partial charge on any atom is 0.301 e. The highest BCUT2D eigenvalue weighted by atomic mass is 79.9. The summed E-state index contributed by atoms with van der Waals surface area (Å²) in [5.74, 6) is -6.15. The number of carbonyl (C=O) groups is 4. The number of Topliss-reactive ketones (excluding diaryl/α,β-unsaturated/α-hetero) is 1. The van der Waals surface area contributed by atoms with Crippen LogP contribution in [0.1, 0.15) is 24.3 Å². The molecule has 6 rings (SSSR count). The molecule has 248 valence electrons. The molecule has 0 radical (unpaired) electrons. The molecule has 1 N–H and O–H groups in total. The van der Waals surface area contributed by atoms with E-state index in [1.165, 1.54) is 38.2 Å². The quantitative estimate of drug-likeness (QED) is 0.122. The first-order chi connectivity index (χ1) is 22.6. The number of methoxy groups -OCH3 is 1. The number of phenols is 1. The van der Waals surface area contributed by atoms with Gasteiger partial charge in [0.05, 0.1) is 43.4 Å². The van der Waals surface area contributed by atoms with Crippen LogP contribution in [0.3, 0.4) is 0 Å². The van der Waals surface area contributed by atoms with Gasteiger partial charge in [-0.05, 0) is 78.2 Å². The van der Waals surface area contributed by atoms with Gasteiger partial charge in [0.15, 0.2) is 28.8 Å². The van der Waals surface area contributed by atoms with Crippen LogP contribution in [-0.4, -0.2) is 59.5 Å². The minimum Gasteiger partial charge on any atom is -0.503 e. The van der Waals surface area contributed by atoms with Crippen molar-refractivity contribution in [3.8, 4) is 11.5 Å². The van der Waals surface area contributed by atoms with Crippen LogP contribution in [-0.2, 0) is 19.2 Å². The summed E-state index contributed by atoms with van der Waals surface area (Å²) in [5, 5.41) is 34.7. The number of allylic oxidation sites excluding steroid dienone is 6. The number of hydrogen-bond acceptors (Lipinski definition) is 11. The van der Waals surface area contributed by atoms with Crippen LogP contribution in [0.25, 0.3) is 0 Å². The third-order valence-electron chi connectivity index (χ3n) is 9.19. The first kappa shape index (κ1) is 33.7. The number of anilines is 2. The molecule has 1 heterocycles. The van der Waals surface area contributed by atoms with E-state index in [4.69, 9.17) is 4.74 Å². The standard InChI is InChI=1S/C31H23Br3N4O10/c1-35(2)27-18(37(44)45)6-11(7-19(27)38(46)47)36-30(42)13-5-4-12-14(23(13)31(36)43)8-16-24(20(39)10-17(32)28(16)40)22(12)15-9-21(48-3)29(41)26(34)25(15)33/h4,6-7,9-10,13-14,22-23,41H,5,8H2,1-3H3. The molecular weight excluding hydrogens is 828 g/mol. The van der Waals surface area contributed by atoms with Gasteiger partial charge in [-0.1, -0.05) is 11.6 Å². The molecule has 1 saturated heterocycles. The Morgan fingerprint density at radius 1 is 0.958 bits per heavy atom. The number of imide groups is 1. The number of fused-ring (bicyclic) bond motifs is 3. The molecule has 2 amide bonds. The van der Waals surface area contributed by atoms with Crippen LogP contribution in [0, 0.1) is 38.0 Å². The van der Waals surface area contributed by atoms with Crippen molar-refractivity contribution in [1.82, 2.24) is 0 Å². The molecule has 4 aliphatic rings. The Morgan fingerprint density at radius 3 is 2.15 bits per heavy atom. The number of nitro benzene ring substituents is 2. The maximum absolute atomic E-state index is 14.3. The lowest BCUT2D eigenvalue weighted by atomic mass is 9.59. The van der Waals surface area contributed by atoms with E-state index in [-0.39, 0.29) is 55.8 Å². The Kier molecular flexibility index (Phi) is 8.44. The summed E-state index contributed by atoms with van der Waals surface area (Å²) in [7, 11) is 4.15. The lowest BCUT2D eigenvalue weighted by Crippen LogP contribution is -2.39. The summed E-state index contributed by atoms with van der Waals surface area (Å²) < 4.78 is 6.00. The zero-order valence-electron chi connectivity index (χ0n) is 25.2. The molecule has 4 atom stereocenters. The number of nitrogens with zero attached hydrogens (tertiary/aromatic N) is 4. The number of ether oxygens (including phenoxy) is 1. The van der Waals surface area contributed by atoms with E-state index in [1.54, 1.807) is 6.08 Å². The van der Waals surface area contributed by atoms with Gasteiger partial charge in [-0.15, -0.1) is 0 Å². The first-order valence-electron chi connectivity index (χ1n) is 14.3. The molecule has 48 heavy (non-hydrogen) atoms. The zero-order chi connectivity index (χ0) is 35.1. The summed E-state index contributed by atoms with van der Waals surface area (Å²) in [4.78, 5) is 79.8. The van der Waals surface area contributed by atoms with Gasteiger partial charge in [-0.3, -0.25) is 39.4 Å². The second-order valence-electron chi connectivity index (χ2n) is 11.8. The van der Waals surface area contributed by atoms with E-state index >= 15 is 0 Å². The van der Waals surface area contributed by atoms with Gasteiger partial charge in [-0.2, -0.15) is 0 Å². The summed E-state index contributed by atoms with van der Waals surface area (Å²) in [6, 6.07) is 3.46. The minimum atomic E-state index is -1.06. The average Bonchev–Trinajstić information content (AvgIpc) is 3.30. The Hall–Kier alpha value is -4.22. The van der Waals surface area contributed by atoms with Crippen molar-refractivity contribution in [2.45, 2.75) is 18.8 Å². The average molecular weight is 851 g/mol. The summed E-state index contributed by atoms with van der Waals surface area (Å²) >= 11 is 10.0. The van der Waals surface area contributed by atoms with Crippen LogP contribution in [0.15, 0.2) is 60.5 Å². The highest BCUT2D eigenvalue weighted by molar-refractivity contribution is 9.13. The molecule has 4 unspecified atom stereocenters. The number of aromatic hydroxyl groups is 1. The number of phenolic OH excluding ortho intramolecular Hbond substituents is 1. The van der Waals surface area contributed by atoms with Gasteiger partial charge in [0.25, 0.3) is 0 Å². The number of amides is 2. The first-order valence-corrected chi connectivity index (χ1v) is 16.6. The smallest absolute Gasteiger partial charge is 0.301 e. The molecule has 17 heteroatoms. The van der Waals surface area contributed by atoms with Crippen LogP contribution < -0.4 is 14.5 Å². The second-order valence-corrected chi connectivity index (χ2v) is 14.2. The Morgan fingerprint density at radius 2 is 1.58 bits per heavy atom. The lowest BCUT2D eigenvalue weighted by molar-refractivity contribution is -0.392. The molecule has 0 saturated carbocycles. The molecule has 14 nitrogen and oxygen atoms in total. The van der Waals surface area contributed by atoms with Gasteiger partial charge in [-0.25, -0.2) is 4.90 Å². The van der Waals surface area contributed by atoms with E-state index in [0.717, 1.165) is 17.0 Å². The van der Waals surface area contributed by atoms with Crippen molar-refractivity contribution < 1.29 is 38.9 Å². The molecular formula is C31H23Br3N4O10. The number of rotatable bonds is 6. The topological polar surface area (TPSA) is 190 Å². The summed E-state index contributed by atoms with van der Waals surface area (Å²) in [5.41, 5.74) is -0.570. The molecule has 0 spiro atoms. The van der Waals surface area contributed by atoms with Crippen LogP contribution in [0.5, 0.6) is 11.5 Å². The second kappa shape index (κ2) is 12.0. The largest absolute Gasteiger partial charge is 0.503 e. The van der Waals surface area contributed by atoms with E-state index in [2.05, 4.69) is 47.8 Å². The number of halogens is 3. The third kappa shape index (κ3) is 4.92. The van der Waals surface area contributed by atoms with E-state index in [1.807, 2.05) is 0 Å². The monoisotopic (exact) mass is 848 g/mol. The van der Waals surface area contributed by atoms with Crippen molar-refractivity contribution in [2.24, 2.45) is 17.8 Å². The SMILES string of the molecule is COc1cc(C2C3=CCC4C(=O)N(c5cc([N+](=O)[O-])c(N(C)C)c([N+](=O)[O-])c5)C(=O)C4C3CC3=C2C(=O)C=C(Br)C3=O)c(Br)c(Br)c1O. The molecule has 2 aromatic rings. The number of carbonyl (C=O) groups excluding carboxylic acids is 4. The van der Waals surface area contributed by atoms with Gasteiger partial charge in [0.2, 0.25) is 11.8 Å². The van der Waals surface area contributed by atoms with Crippen LogP contribution >= 0.6 is 47.8 Å². The molecule has 3 aliphatic carbocycles. The molecule has 1 aliphatic heterocycles. The van der Waals surface area contributed by atoms with Gasteiger partial charge < -0.3 is 14.7 Å². The van der Waals surface area contributed by atoms with Crippen molar-refractivity contribution in [3.63, 3.8) is 0 Å². The number of hydrogen-bond donors (Lipinski definition) is 1. The summed E-state index contributed by atoms with van der Waals surface area (Å²) in [6.45, 7) is 0. The van der Waals surface area contributed by atoms with Crippen molar-refractivity contribution in [2.75, 3.05) is 31.0 Å². The van der Waals surface area contributed by atoms with Gasteiger partial charge in [0.1, 0.15) is 0 Å². The van der Waals surface area contributed by atoms with Gasteiger partial charge >= 0.3 is 11.4 Å². The fraction of sp³-hybridized carbons (Fsp3) is 0.290. The predicted octanol–water partition coefficient (Wildman–Crippen LogP) is 5.77. The number of nitro groups is 2. The highest BCUT2D eigenvalue weighted by Gasteiger charge is 2.57. The fourth-order valence-corrected chi connectivity index (χ4v) is 8.65. The maximum atomic E-state index is 14.3. The van der Waals surface area contributed by atoms with E-state index in [0.29, 0.717) is 15.6 Å². The molecule has 0 aromatic heterocycles. The minimum absolute atomic E-state index is 0.0318. The normalized spacial score (nSPS) is 23.3. The number of benzene rings is 2. The Balaban J connectivity index is 1.52.